The molecule has 0 fully saturated rings. The van der Waals surface area contributed by atoms with Crippen LogP contribution in [0.4, 0.5) is 0 Å². The lowest BCUT2D eigenvalue weighted by atomic mass is 9.83. The first-order chi connectivity index (χ1) is 36.8. The van der Waals surface area contributed by atoms with Crippen LogP contribution in [0.1, 0.15) is 88.8 Å². The van der Waals surface area contributed by atoms with E-state index in [-0.39, 0.29) is 33.7 Å². The second-order valence-corrected chi connectivity index (χ2v) is 24.9. The first-order valence-electron chi connectivity index (χ1n) is 25.3. The molecule has 6 aromatic carbocycles. The van der Waals surface area contributed by atoms with Crippen LogP contribution in [-0.4, -0.2) is 63.2 Å². The second-order valence-electron chi connectivity index (χ2n) is 20.9. The summed E-state index contributed by atoms with van der Waals surface area (Å²) in [5.74, 6) is -0.514. The molecule has 0 aliphatic rings. The minimum absolute atomic E-state index is 0.0776. The Morgan fingerprint density at radius 1 is 0.513 bits per heavy atom. The third-order valence-corrected chi connectivity index (χ3v) is 15.2. The highest BCUT2D eigenvalue weighted by atomic mass is 32.2. The van der Waals surface area contributed by atoms with Gasteiger partial charge < -0.3 is 10.6 Å². The van der Waals surface area contributed by atoms with Crippen molar-refractivity contribution in [3.8, 4) is 34.4 Å². The van der Waals surface area contributed by atoms with Gasteiger partial charge in [0.05, 0.1) is 43.8 Å². The zero-order valence-corrected chi connectivity index (χ0v) is 47.0. The molecule has 2 amide bonds. The zero-order chi connectivity index (χ0) is 56.7. The SMILES string of the molecule is CC(C)NC(=O)/C(=C/c1cccc(-c2cc(C(C)(C)C#N)cc3cccnc23)c1)c1ccc(S(C)(=O)=O)cc1.CC(C)NC(=O)/C(=C\c1cccc(-c2cc(C(C)(C)C#N)cc3cccnc23)c1)c1ccc(S(C)(=O)=O)cc1. The van der Waals surface area contributed by atoms with E-state index < -0.39 is 30.5 Å². The molecular weight excluding hydrogens is 1010 g/mol. The third kappa shape index (κ3) is 13.7. The van der Waals surface area contributed by atoms with Crippen molar-refractivity contribution in [2.75, 3.05) is 12.5 Å². The number of rotatable bonds is 14. The number of nitriles is 2. The van der Waals surface area contributed by atoms with E-state index in [0.717, 1.165) is 78.8 Å². The minimum Gasteiger partial charge on any atom is -0.350 e. The summed E-state index contributed by atoms with van der Waals surface area (Å²) in [6, 6.07) is 48.6. The van der Waals surface area contributed by atoms with E-state index in [2.05, 4.69) is 32.7 Å². The molecule has 2 heterocycles. The molecule has 0 saturated heterocycles. The van der Waals surface area contributed by atoms with Crippen molar-refractivity contribution < 1.29 is 26.4 Å². The van der Waals surface area contributed by atoms with E-state index in [4.69, 9.17) is 0 Å². The molecule has 2 N–H and O–H groups in total. The molecule has 8 rings (SSSR count). The second kappa shape index (κ2) is 23.4. The van der Waals surface area contributed by atoms with Gasteiger partial charge in [-0.25, -0.2) is 16.8 Å². The van der Waals surface area contributed by atoms with Gasteiger partial charge in [-0.2, -0.15) is 10.5 Å². The number of pyridine rings is 2. The Hall–Kier alpha value is -8.56. The lowest BCUT2D eigenvalue weighted by Gasteiger charge is -2.19. The summed E-state index contributed by atoms with van der Waals surface area (Å²) in [6.45, 7) is 15.1. The Balaban J connectivity index is 0.000000226. The Bertz CT molecular complexity index is 3720. The molecule has 12 nitrogen and oxygen atoms in total. The van der Waals surface area contributed by atoms with Gasteiger partial charge in [-0.3, -0.25) is 19.6 Å². The molecule has 2 aromatic heterocycles. The van der Waals surface area contributed by atoms with Gasteiger partial charge in [0.1, 0.15) is 0 Å². The normalized spacial score (nSPS) is 12.4. The lowest BCUT2D eigenvalue weighted by molar-refractivity contribution is -0.116. The fourth-order valence-corrected chi connectivity index (χ4v) is 9.86. The number of nitrogens with zero attached hydrogens (tertiary/aromatic N) is 4. The van der Waals surface area contributed by atoms with E-state index in [0.29, 0.717) is 22.3 Å². The van der Waals surface area contributed by atoms with Gasteiger partial charge in [0.15, 0.2) is 19.7 Å². The van der Waals surface area contributed by atoms with Crippen LogP contribution < -0.4 is 10.6 Å². The van der Waals surface area contributed by atoms with Crippen molar-refractivity contribution in [2.45, 2.75) is 88.1 Å². The molecule has 396 valence electrons. The molecule has 0 atom stereocenters. The molecule has 0 radical (unpaired) electrons. The molecule has 0 spiro atoms. The third-order valence-electron chi connectivity index (χ3n) is 12.9. The standard InChI is InChI=1S/2C32H31N3O3S/c2*1-21(2)35-31(36)29(23-11-13-27(14-12-23)39(5,37)38)17-22-8-6-9-24(16-22)28-19-26(32(3,4)20-33)18-25-10-7-15-34-30(25)28/h2*6-19,21H,1-5H3,(H,35,36)/b29-17+;29-17-. The van der Waals surface area contributed by atoms with Crippen LogP contribution in [0.15, 0.2) is 168 Å². The summed E-state index contributed by atoms with van der Waals surface area (Å²) in [7, 11) is -6.72. The number of benzene rings is 6. The maximum absolute atomic E-state index is 13.2. The topological polar surface area (TPSA) is 200 Å². The highest BCUT2D eigenvalue weighted by Gasteiger charge is 2.24. The highest BCUT2D eigenvalue weighted by Crippen LogP contribution is 2.37. The average Bonchev–Trinajstić information content (AvgIpc) is 3.45. The van der Waals surface area contributed by atoms with Crippen molar-refractivity contribution in [2.24, 2.45) is 0 Å². The van der Waals surface area contributed by atoms with Crippen molar-refractivity contribution in [3.05, 3.63) is 191 Å². The summed E-state index contributed by atoms with van der Waals surface area (Å²) in [4.78, 5) is 36.1. The van der Waals surface area contributed by atoms with Crippen LogP contribution in [0.3, 0.4) is 0 Å². The van der Waals surface area contributed by atoms with Crippen LogP contribution in [0.2, 0.25) is 0 Å². The number of nitrogens with one attached hydrogen (secondary N) is 2. The maximum atomic E-state index is 13.2. The molecule has 0 saturated carbocycles. The Labute approximate surface area is 458 Å². The molecule has 0 aliphatic carbocycles. The summed E-state index contributed by atoms with van der Waals surface area (Å²) in [5.41, 5.74) is 9.30. The van der Waals surface area contributed by atoms with Gasteiger partial charge in [0.2, 0.25) is 0 Å². The van der Waals surface area contributed by atoms with Crippen molar-refractivity contribution in [3.63, 3.8) is 0 Å². The monoisotopic (exact) mass is 1070 g/mol. The average molecular weight is 1080 g/mol. The van der Waals surface area contributed by atoms with E-state index >= 15 is 0 Å². The molecule has 0 aliphatic heterocycles. The van der Waals surface area contributed by atoms with Crippen LogP contribution in [0.5, 0.6) is 0 Å². The van der Waals surface area contributed by atoms with Gasteiger partial charge in [-0.1, -0.05) is 72.8 Å². The molecule has 0 bridgehead atoms. The quantitative estimate of drug-likeness (QED) is 0.0780. The minimum atomic E-state index is -3.36. The first-order valence-corrected chi connectivity index (χ1v) is 29.0. The van der Waals surface area contributed by atoms with Crippen LogP contribution in [0.25, 0.3) is 67.4 Å². The molecule has 0 unspecified atom stereocenters. The summed E-state index contributed by atoms with van der Waals surface area (Å²) in [6.07, 6.45) is 9.41. The first kappa shape index (κ1) is 57.2. The zero-order valence-electron chi connectivity index (χ0n) is 45.4. The van der Waals surface area contributed by atoms with E-state index in [1.165, 1.54) is 24.3 Å². The van der Waals surface area contributed by atoms with Crippen LogP contribution in [-0.2, 0) is 40.1 Å². The summed E-state index contributed by atoms with van der Waals surface area (Å²) < 4.78 is 47.8. The fraction of sp³-hybridized carbons (Fsp3) is 0.219. The number of hydrogen-bond acceptors (Lipinski definition) is 10. The molecule has 78 heavy (non-hydrogen) atoms. The molecular formula is C64H62N6O6S2. The van der Waals surface area contributed by atoms with Crippen LogP contribution in [0, 0.1) is 22.7 Å². The van der Waals surface area contributed by atoms with Crippen LogP contribution >= 0.6 is 0 Å². The van der Waals surface area contributed by atoms with Gasteiger partial charge in [0, 0.05) is 70.0 Å². The molecule has 8 aromatic rings. The lowest BCUT2D eigenvalue weighted by Crippen LogP contribution is -2.30. The molecule has 14 heteroatoms. The van der Waals surface area contributed by atoms with Crippen molar-refractivity contribution in [1.82, 2.24) is 20.6 Å². The number of hydrogen-bond donors (Lipinski definition) is 2. The van der Waals surface area contributed by atoms with E-state index in [1.54, 1.807) is 48.8 Å². The highest BCUT2D eigenvalue weighted by molar-refractivity contribution is 7.91. The Morgan fingerprint density at radius 2 is 0.872 bits per heavy atom. The number of aromatic nitrogens is 2. The van der Waals surface area contributed by atoms with Crippen molar-refractivity contribution >= 4 is 76.6 Å². The Kier molecular flexibility index (Phi) is 17.1. The number of fused-ring (bicyclic) bond motifs is 2. The number of carbonyl (C=O) groups excluding carboxylic acids is 2. The summed E-state index contributed by atoms with van der Waals surface area (Å²) >= 11 is 0. The van der Waals surface area contributed by atoms with Gasteiger partial charge in [0.25, 0.3) is 11.8 Å². The van der Waals surface area contributed by atoms with E-state index in [9.17, 15) is 36.9 Å². The number of amides is 2. The summed E-state index contributed by atoms with van der Waals surface area (Å²) in [5, 5.41) is 27.3. The van der Waals surface area contributed by atoms with E-state index in [1.807, 2.05) is 152 Å². The predicted octanol–water partition coefficient (Wildman–Crippen LogP) is 12.3. The Morgan fingerprint density at radius 3 is 1.19 bits per heavy atom. The number of sulfone groups is 2. The van der Waals surface area contributed by atoms with Gasteiger partial charge in [-0.15, -0.1) is 0 Å². The number of carbonyl (C=O) groups is 2. The van der Waals surface area contributed by atoms with Gasteiger partial charge in [-0.05, 0) is 185 Å². The fourth-order valence-electron chi connectivity index (χ4n) is 8.60. The smallest absolute Gasteiger partial charge is 0.252 e. The predicted molar refractivity (Wildman–Crippen MR) is 313 cm³/mol. The largest absolute Gasteiger partial charge is 0.350 e. The maximum Gasteiger partial charge on any atom is 0.252 e. The van der Waals surface area contributed by atoms with Crippen molar-refractivity contribution in [1.29, 1.82) is 10.5 Å². The van der Waals surface area contributed by atoms with Gasteiger partial charge >= 0.3 is 0 Å².